The fourth-order valence-electron chi connectivity index (χ4n) is 2.45. The third kappa shape index (κ3) is 4.20. The standard InChI is InChI=1S/C16H26N2O2/c1-13-5-4-6-16(14(13)2)20-12-15(19)11-18-9-7-17(3)8-10-18/h4-6,15,19H,7-12H2,1-3H3. The molecule has 0 amide bonds. The summed E-state index contributed by atoms with van der Waals surface area (Å²) >= 11 is 0. The minimum absolute atomic E-state index is 0.358. The lowest BCUT2D eigenvalue weighted by molar-refractivity contribution is 0.0503. The second kappa shape index (κ2) is 7.07. The molecular weight excluding hydrogens is 252 g/mol. The number of β-amino-alcohol motifs (C(OH)–C–C–N with tert-alkyl or cyclic N) is 1. The summed E-state index contributed by atoms with van der Waals surface area (Å²) in [6, 6.07) is 6.03. The first kappa shape index (κ1) is 15.3. The number of aryl methyl sites for hydroxylation is 1. The van der Waals surface area contributed by atoms with Gasteiger partial charge in [0.25, 0.3) is 0 Å². The van der Waals surface area contributed by atoms with Crippen LogP contribution in [0.1, 0.15) is 11.1 Å². The molecule has 112 valence electrons. The Morgan fingerprint density at radius 2 is 1.90 bits per heavy atom. The number of hydrogen-bond acceptors (Lipinski definition) is 4. The van der Waals surface area contributed by atoms with E-state index in [1.807, 2.05) is 12.1 Å². The van der Waals surface area contributed by atoms with Gasteiger partial charge >= 0.3 is 0 Å². The van der Waals surface area contributed by atoms with Gasteiger partial charge in [-0.15, -0.1) is 0 Å². The van der Waals surface area contributed by atoms with E-state index in [0.717, 1.165) is 37.5 Å². The van der Waals surface area contributed by atoms with Crippen molar-refractivity contribution in [2.75, 3.05) is 46.4 Å². The van der Waals surface area contributed by atoms with Crippen LogP contribution < -0.4 is 4.74 Å². The molecule has 0 saturated carbocycles. The monoisotopic (exact) mass is 278 g/mol. The fourth-order valence-corrected chi connectivity index (χ4v) is 2.45. The van der Waals surface area contributed by atoms with Crippen molar-refractivity contribution in [2.24, 2.45) is 0 Å². The molecule has 1 aliphatic rings. The maximum atomic E-state index is 10.1. The molecule has 0 radical (unpaired) electrons. The molecule has 2 rings (SSSR count). The SMILES string of the molecule is Cc1cccc(OCC(O)CN2CCN(C)CC2)c1C. The van der Waals surface area contributed by atoms with E-state index < -0.39 is 6.10 Å². The van der Waals surface area contributed by atoms with Crippen LogP contribution in [0.4, 0.5) is 0 Å². The van der Waals surface area contributed by atoms with Crippen LogP contribution in [-0.2, 0) is 0 Å². The second-order valence-electron chi connectivity index (χ2n) is 5.77. The van der Waals surface area contributed by atoms with Crippen molar-refractivity contribution in [3.05, 3.63) is 29.3 Å². The van der Waals surface area contributed by atoms with Crippen LogP contribution in [0.5, 0.6) is 5.75 Å². The number of nitrogens with zero attached hydrogens (tertiary/aromatic N) is 2. The first-order valence-electron chi connectivity index (χ1n) is 7.34. The first-order chi connectivity index (χ1) is 9.56. The summed E-state index contributed by atoms with van der Waals surface area (Å²) in [5.74, 6) is 0.877. The van der Waals surface area contributed by atoms with Gasteiger partial charge in [-0.1, -0.05) is 12.1 Å². The van der Waals surface area contributed by atoms with E-state index in [4.69, 9.17) is 4.74 Å². The van der Waals surface area contributed by atoms with Crippen LogP contribution in [0.15, 0.2) is 18.2 Å². The zero-order chi connectivity index (χ0) is 14.5. The highest BCUT2D eigenvalue weighted by molar-refractivity contribution is 5.38. The van der Waals surface area contributed by atoms with Gasteiger partial charge in [0.2, 0.25) is 0 Å². The molecule has 0 aliphatic carbocycles. The fraction of sp³-hybridized carbons (Fsp3) is 0.625. The maximum absolute atomic E-state index is 10.1. The molecule has 1 N–H and O–H groups in total. The minimum Gasteiger partial charge on any atom is -0.491 e. The quantitative estimate of drug-likeness (QED) is 0.880. The van der Waals surface area contributed by atoms with E-state index in [2.05, 4.69) is 36.8 Å². The van der Waals surface area contributed by atoms with Crippen LogP contribution in [0.2, 0.25) is 0 Å². The van der Waals surface area contributed by atoms with Gasteiger partial charge in [-0.2, -0.15) is 0 Å². The predicted octanol–water partition coefficient (Wildman–Crippen LogP) is 1.29. The van der Waals surface area contributed by atoms with Gasteiger partial charge in [0.15, 0.2) is 0 Å². The largest absolute Gasteiger partial charge is 0.491 e. The molecule has 1 fully saturated rings. The van der Waals surface area contributed by atoms with Crippen LogP contribution in [0.3, 0.4) is 0 Å². The Hall–Kier alpha value is -1.10. The molecule has 0 bridgehead atoms. The first-order valence-corrected chi connectivity index (χ1v) is 7.34. The third-order valence-electron chi connectivity index (χ3n) is 4.05. The summed E-state index contributed by atoms with van der Waals surface area (Å²) in [4.78, 5) is 4.62. The Kier molecular flexibility index (Phi) is 5.40. The molecule has 0 spiro atoms. The van der Waals surface area contributed by atoms with E-state index in [1.165, 1.54) is 5.56 Å². The average Bonchev–Trinajstić information content (AvgIpc) is 2.43. The van der Waals surface area contributed by atoms with E-state index in [-0.39, 0.29) is 0 Å². The zero-order valence-corrected chi connectivity index (χ0v) is 12.8. The molecule has 1 aromatic rings. The molecular formula is C16H26N2O2. The molecule has 0 aromatic heterocycles. The van der Waals surface area contributed by atoms with E-state index in [1.54, 1.807) is 0 Å². The number of benzene rings is 1. The smallest absolute Gasteiger partial charge is 0.122 e. The summed E-state index contributed by atoms with van der Waals surface area (Å²) in [7, 11) is 2.14. The maximum Gasteiger partial charge on any atom is 0.122 e. The Morgan fingerprint density at radius 3 is 2.60 bits per heavy atom. The van der Waals surface area contributed by atoms with Gasteiger partial charge in [-0.05, 0) is 38.1 Å². The van der Waals surface area contributed by atoms with Crippen LogP contribution in [0, 0.1) is 13.8 Å². The number of ether oxygens (including phenoxy) is 1. The normalized spacial score (nSPS) is 19.0. The van der Waals surface area contributed by atoms with Crippen LogP contribution in [0.25, 0.3) is 0 Å². The van der Waals surface area contributed by atoms with Crippen molar-refractivity contribution in [3.8, 4) is 5.75 Å². The highest BCUT2D eigenvalue weighted by atomic mass is 16.5. The van der Waals surface area contributed by atoms with Gasteiger partial charge < -0.3 is 14.7 Å². The summed E-state index contributed by atoms with van der Waals surface area (Å²) in [6.07, 6.45) is -0.432. The Labute approximate surface area is 122 Å². The molecule has 1 unspecified atom stereocenters. The van der Waals surface area contributed by atoms with Crippen molar-refractivity contribution < 1.29 is 9.84 Å². The highest BCUT2D eigenvalue weighted by Crippen LogP contribution is 2.20. The number of rotatable bonds is 5. The molecule has 1 atom stereocenters. The summed E-state index contributed by atoms with van der Waals surface area (Å²) in [5, 5.41) is 10.1. The summed E-state index contributed by atoms with van der Waals surface area (Å²) in [5.41, 5.74) is 2.37. The molecule has 1 aliphatic heterocycles. The lowest BCUT2D eigenvalue weighted by Crippen LogP contribution is -2.47. The summed E-state index contributed by atoms with van der Waals surface area (Å²) in [6.45, 7) is 9.37. The van der Waals surface area contributed by atoms with Crippen molar-refractivity contribution in [1.82, 2.24) is 9.80 Å². The number of piperazine rings is 1. The zero-order valence-electron chi connectivity index (χ0n) is 12.8. The van der Waals surface area contributed by atoms with Crippen molar-refractivity contribution in [3.63, 3.8) is 0 Å². The topological polar surface area (TPSA) is 35.9 Å². The number of aliphatic hydroxyl groups is 1. The molecule has 1 saturated heterocycles. The molecule has 20 heavy (non-hydrogen) atoms. The average molecular weight is 278 g/mol. The van der Waals surface area contributed by atoms with Crippen LogP contribution in [-0.4, -0.2) is 67.4 Å². The Morgan fingerprint density at radius 1 is 1.20 bits per heavy atom. The van der Waals surface area contributed by atoms with E-state index in [9.17, 15) is 5.11 Å². The molecule has 4 nitrogen and oxygen atoms in total. The Bertz CT molecular complexity index is 428. The predicted molar refractivity (Wildman–Crippen MR) is 81.4 cm³/mol. The molecule has 4 heteroatoms. The van der Waals surface area contributed by atoms with Crippen molar-refractivity contribution in [1.29, 1.82) is 0 Å². The van der Waals surface area contributed by atoms with Crippen molar-refractivity contribution >= 4 is 0 Å². The van der Waals surface area contributed by atoms with Gasteiger partial charge in [-0.25, -0.2) is 0 Å². The van der Waals surface area contributed by atoms with Crippen LogP contribution >= 0.6 is 0 Å². The lowest BCUT2D eigenvalue weighted by atomic mass is 10.1. The summed E-state index contributed by atoms with van der Waals surface area (Å²) < 4.78 is 5.75. The van der Waals surface area contributed by atoms with Gasteiger partial charge in [0.1, 0.15) is 18.5 Å². The van der Waals surface area contributed by atoms with E-state index >= 15 is 0 Å². The number of likely N-dealkylation sites (N-methyl/N-ethyl adjacent to an activating group) is 1. The lowest BCUT2D eigenvalue weighted by Gasteiger charge is -2.33. The number of hydrogen-bond donors (Lipinski definition) is 1. The van der Waals surface area contributed by atoms with Gasteiger partial charge in [0.05, 0.1) is 0 Å². The molecule has 1 heterocycles. The Balaban J connectivity index is 1.77. The van der Waals surface area contributed by atoms with Crippen molar-refractivity contribution in [2.45, 2.75) is 20.0 Å². The number of aliphatic hydroxyl groups excluding tert-OH is 1. The third-order valence-corrected chi connectivity index (χ3v) is 4.05. The van der Waals surface area contributed by atoms with Gasteiger partial charge in [-0.3, -0.25) is 4.90 Å². The van der Waals surface area contributed by atoms with Gasteiger partial charge in [0, 0.05) is 32.7 Å². The molecule has 1 aromatic carbocycles. The highest BCUT2D eigenvalue weighted by Gasteiger charge is 2.17. The minimum atomic E-state index is -0.432. The van der Waals surface area contributed by atoms with E-state index in [0.29, 0.717) is 13.2 Å². The second-order valence-corrected chi connectivity index (χ2v) is 5.77.